The van der Waals surface area contributed by atoms with Gasteiger partial charge in [-0.15, -0.1) is 0 Å². The number of nitrogens with one attached hydrogen (secondary N) is 2. The van der Waals surface area contributed by atoms with Crippen LogP contribution in [0.5, 0.6) is 0 Å². The Labute approximate surface area is 151 Å². The Bertz CT molecular complexity index is 804. The number of amides is 2. The lowest BCUT2D eigenvalue weighted by molar-refractivity contribution is -0.133. The van der Waals surface area contributed by atoms with Crippen molar-refractivity contribution in [3.8, 4) is 0 Å². The van der Waals surface area contributed by atoms with E-state index in [1.807, 2.05) is 36.4 Å². The van der Waals surface area contributed by atoms with Gasteiger partial charge in [0.15, 0.2) is 0 Å². The molecule has 0 unspecified atom stereocenters. The Morgan fingerprint density at radius 3 is 2.58 bits per heavy atom. The SMILES string of the molecule is O=C(CCN1NC(c2ccccc2)=CCC1=O)NCc1ccc(F)cc1. The van der Waals surface area contributed by atoms with Crippen LogP contribution in [-0.4, -0.2) is 23.4 Å². The molecule has 2 amide bonds. The van der Waals surface area contributed by atoms with Gasteiger partial charge in [-0.2, -0.15) is 0 Å². The second-order valence-corrected chi connectivity index (χ2v) is 6.00. The van der Waals surface area contributed by atoms with Crippen molar-refractivity contribution < 1.29 is 14.0 Å². The van der Waals surface area contributed by atoms with Gasteiger partial charge in [0.1, 0.15) is 5.82 Å². The van der Waals surface area contributed by atoms with E-state index < -0.39 is 0 Å². The summed E-state index contributed by atoms with van der Waals surface area (Å²) in [7, 11) is 0. The largest absolute Gasteiger partial charge is 0.352 e. The molecule has 2 N–H and O–H groups in total. The van der Waals surface area contributed by atoms with Crippen molar-refractivity contribution >= 4 is 17.5 Å². The number of hydrogen-bond donors (Lipinski definition) is 2. The normalized spacial score (nSPS) is 13.8. The number of halogens is 1. The summed E-state index contributed by atoms with van der Waals surface area (Å²) >= 11 is 0. The number of hydrazine groups is 1. The number of benzene rings is 2. The number of carbonyl (C=O) groups is 2. The van der Waals surface area contributed by atoms with Crippen molar-refractivity contribution in [2.75, 3.05) is 6.54 Å². The Kier molecular flexibility index (Phi) is 5.63. The first-order valence-electron chi connectivity index (χ1n) is 8.45. The van der Waals surface area contributed by atoms with Gasteiger partial charge in [-0.1, -0.05) is 42.5 Å². The summed E-state index contributed by atoms with van der Waals surface area (Å²) in [6.07, 6.45) is 2.33. The summed E-state index contributed by atoms with van der Waals surface area (Å²) in [6.45, 7) is 0.605. The molecule has 134 valence electrons. The van der Waals surface area contributed by atoms with E-state index in [4.69, 9.17) is 0 Å². The van der Waals surface area contributed by atoms with Gasteiger partial charge >= 0.3 is 0 Å². The number of carbonyl (C=O) groups excluding carboxylic acids is 2. The van der Waals surface area contributed by atoms with Crippen molar-refractivity contribution in [3.63, 3.8) is 0 Å². The average molecular weight is 353 g/mol. The van der Waals surface area contributed by atoms with Crippen molar-refractivity contribution in [1.29, 1.82) is 0 Å². The Hall–Kier alpha value is -3.15. The molecular weight excluding hydrogens is 333 g/mol. The summed E-state index contributed by atoms with van der Waals surface area (Å²) in [5.41, 5.74) is 5.75. The van der Waals surface area contributed by atoms with E-state index in [0.29, 0.717) is 13.0 Å². The monoisotopic (exact) mass is 353 g/mol. The molecule has 0 aromatic heterocycles. The van der Waals surface area contributed by atoms with Gasteiger partial charge in [-0.25, -0.2) is 4.39 Å². The van der Waals surface area contributed by atoms with Crippen LogP contribution in [0.25, 0.3) is 5.70 Å². The van der Waals surface area contributed by atoms with Gasteiger partial charge in [-0.05, 0) is 29.3 Å². The van der Waals surface area contributed by atoms with Gasteiger partial charge in [-0.3, -0.25) is 20.0 Å². The molecule has 0 atom stereocenters. The second kappa shape index (κ2) is 8.29. The topological polar surface area (TPSA) is 61.4 Å². The van der Waals surface area contributed by atoms with Crippen LogP contribution in [-0.2, 0) is 16.1 Å². The molecule has 0 saturated heterocycles. The minimum atomic E-state index is -0.308. The molecule has 3 rings (SSSR count). The molecule has 2 aromatic carbocycles. The minimum absolute atomic E-state index is 0.0731. The quantitative estimate of drug-likeness (QED) is 0.839. The first-order valence-corrected chi connectivity index (χ1v) is 8.45. The van der Waals surface area contributed by atoms with Gasteiger partial charge in [0.25, 0.3) is 0 Å². The zero-order valence-electron chi connectivity index (χ0n) is 14.2. The third-order valence-corrected chi connectivity index (χ3v) is 4.09. The molecule has 1 aliphatic rings. The predicted octanol–water partition coefficient (Wildman–Crippen LogP) is 2.61. The van der Waals surface area contributed by atoms with E-state index in [1.165, 1.54) is 17.1 Å². The smallest absolute Gasteiger partial charge is 0.244 e. The summed E-state index contributed by atoms with van der Waals surface area (Å²) in [6, 6.07) is 15.7. The van der Waals surface area contributed by atoms with Crippen molar-refractivity contribution in [2.45, 2.75) is 19.4 Å². The summed E-state index contributed by atoms with van der Waals surface area (Å²) in [4.78, 5) is 24.1. The maximum absolute atomic E-state index is 12.9. The Morgan fingerprint density at radius 2 is 1.85 bits per heavy atom. The van der Waals surface area contributed by atoms with Crippen LogP contribution >= 0.6 is 0 Å². The van der Waals surface area contributed by atoms with Gasteiger partial charge in [0.2, 0.25) is 11.8 Å². The molecule has 26 heavy (non-hydrogen) atoms. The lowest BCUT2D eigenvalue weighted by Gasteiger charge is -2.29. The molecule has 1 aliphatic heterocycles. The van der Waals surface area contributed by atoms with Crippen LogP contribution in [0, 0.1) is 5.82 Å². The van der Waals surface area contributed by atoms with E-state index >= 15 is 0 Å². The number of rotatable bonds is 6. The molecule has 0 bridgehead atoms. The molecule has 0 spiro atoms. The fourth-order valence-electron chi connectivity index (χ4n) is 2.64. The molecule has 0 saturated carbocycles. The highest BCUT2D eigenvalue weighted by atomic mass is 19.1. The van der Waals surface area contributed by atoms with E-state index in [0.717, 1.165) is 16.8 Å². The zero-order chi connectivity index (χ0) is 18.4. The van der Waals surface area contributed by atoms with Gasteiger partial charge in [0, 0.05) is 19.4 Å². The molecule has 0 radical (unpaired) electrons. The lowest BCUT2D eigenvalue weighted by Crippen LogP contribution is -2.45. The standard InChI is InChI=1S/C20H20FN3O2/c21-17-8-6-15(7-9-17)14-22-19(25)12-13-24-20(26)11-10-18(23-24)16-4-2-1-3-5-16/h1-10,23H,11-14H2,(H,22,25). The number of nitrogens with zero attached hydrogens (tertiary/aromatic N) is 1. The fourth-order valence-corrected chi connectivity index (χ4v) is 2.64. The third kappa shape index (κ3) is 4.69. The highest BCUT2D eigenvalue weighted by molar-refractivity contribution is 5.84. The second-order valence-electron chi connectivity index (χ2n) is 6.00. The van der Waals surface area contributed by atoms with Crippen LogP contribution < -0.4 is 10.7 Å². The maximum atomic E-state index is 12.9. The van der Waals surface area contributed by atoms with Crippen LogP contribution in [0.3, 0.4) is 0 Å². The number of hydrogen-bond acceptors (Lipinski definition) is 3. The first-order chi connectivity index (χ1) is 12.6. The lowest BCUT2D eigenvalue weighted by atomic mass is 10.1. The van der Waals surface area contributed by atoms with E-state index in [2.05, 4.69) is 10.7 Å². The fraction of sp³-hybridized carbons (Fsp3) is 0.200. The van der Waals surface area contributed by atoms with Crippen LogP contribution in [0.4, 0.5) is 4.39 Å². The summed E-state index contributed by atoms with van der Waals surface area (Å²) < 4.78 is 12.9. The summed E-state index contributed by atoms with van der Waals surface area (Å²) in [5, 5.41) is 4.25. The molecule has 5 nitrogen and oxygen atoms in total. The predicted molar refractivity (Wildman–Crippen MR) is 96.7 cm³/mol. The van der Waals surface area contributed by atoms with Crippen molar-refractivity contribution in [1.82, 2.24) is 15.8 Å². The Morgan fingerprint density at radius 1 is 1.12 bits per heavy atom. The van der Waals surface area contributed by atoms with Crippen molar-refractivity contribution in [3.05, 3.63) is 77.6 Å². The Balaban J connectivity index is 1.49. The van der Waals surface area contributed by atoms with Crippen LogP contribution in [0.1, 0.15) is 24.0 Å². The molecular formula is C20H20FN3O2. The van der Waals surface area contributed by atoms with Crippen molar-refractivity contribution in [2.24, 2.45) is 0 Å². The maximum Gasteiger partial charge on any atom is 0.244 e. The summed E-state index contributed by atoms with van der Waals surface area (Å²) in [5.74, 6) is -0.548. The molecule has 1 heterocycles. The molecule has 0 aliphatic carbocycles. The van der Waals surface area contributed by atoms with Gasteiger partial charge in [0.05, 0.1) is 12.2 Å². The van der Waals surface area contributed by atoms with E-state index in [1.54, 1.807) is 12.1 Å². The van der Waals surface area contributed by atoms with Gasteiger partial charge < -0.3 is 5.32 Å². The van der Waals surface area contributed by atoms with E-state index in [9.17, 15) is 14.0 Å². The zero-order valence-corrected chi connectivity index (χ0v) is 14.2. The highest BCUT2D eigenvalue weighted by Gasteiger charge is 2.20. The minimum Gasteiger partial charge on any atom is -0.352 e. The molecule has 6 heteroatoms. The van der Waals surface area contributed by atoms with Crippen LogP contribution in [0.15, 0.2) is 60.7 Å². The third-order valence-electron chi connectivity index (χ3n) is 4.09. The molecule has 2 aromatic rings. The van der Waals surface area contributed by atoms with Crippen LogP contribution in [0.2, 0.25) is 0 Å². The average Bonchev–Trinajstić information content (AvgIpc) is 2.67. The highest BCUT2D eigenvalue weighted by Crippen LogP contribution is 2.17. The molecule has 0 fully saturated rings. The van der Waals surface area contributed by atoms with E-state index in [-0.39, 0.29) is 30.6 Å². The first kappa shape index (κ1) is 17.7.